The number of hydrogen-bond acceptors (Lipinski definition) is 5. The second kappa shape index (κ2) is 9.39. The third kappa shape index (κ3) is 4.91. The van der Waals surface area contributed by atoms with Gasteiger partial charge in [0.05, 0.1) is 19.9 Å². The maximum atomic E-state index is 12.5. The summed E-state index contributed by atoms with van der Waals surface area (Å²) in [6, 6.07) is 8.59. The number of nitrogens with one attached hydrogen (secondary N) is 1. The highest BCUT2D eigenvalue weighted by molar-refractivity contribution is 5.76. The highest BCUT2D eigenvalue weighted by Crippen LogP contribution is 2.31. The average Bonchev–Trinajstić information content (AvgIpc) is 2.97. The Morgan fingerprint density at radius 1 is 1.11 bits per heavy atom. The quantitative estimate of drug-likeness (QED) is 0.773. The number of rotatable bonds is 6. The van der Waals surface area contributed by atoms with Gasteiger partial charge in [-0.1, -0.05) is 25.7 Å². The second-order valence-electron chi connectivity index (χ2n) is 7.04. The SMILES string of the molecule is COc1ccc(OC)c(-c2ccc(=O)n(CC(=O)NC3CCCCCC3)n2)c1. The Morgan fingerprint density at radius 3 is 2.54 bits per heavy atom. The monoisotopic (exact) mass is 385 g/mol. The van der Waals surface area contributed by atoms with E-state index in [9.17, 15) is 9.59 Å². The molecule has 7 heteroatoms. The summed E-state index contributed by atoms with van der Waals surface area (Å²) < 4.78 is 11.9. The van der Waals surface area contributed by atoms with Crippen LogP contribution in [0.1, 0.15) is 38.5 Å². The number of amides is 1. The molecule has 0 atom stereocenters. The molecular weight excluding hydrogens is 358 g/mol. The lowest BCUT2D eigenvalue weighted by molar-refractivity contribution is -0.122. The minimum absolute atomic E-state index is 0.102. The molecule has 150 valence electrons. The van der Waals surface area contributed by atoms with Crippen LogP contribution in [0.4, 0.5) is 0 Å². The van der Waals surface area contributed by atoms with Crippen LogP contribution >= 0.6 is 0 Å². The number of aromatic nitrogens is 2. The zero-order chi connectivity index (χ0) is 19.9. The van der Waals surface area contributed by atoms with E-state index in [1.54, 1.807) is 38.5 Å². The Kier molecular flexibility index (Phi) is 6.68. The van der Waals surface area contributed by atoms with Gasteiger partial charge in [-0.2, -0.15) is 5.10 Å². The van der Waals surface area contributed by atoms with Gasteiger partial charge in [-0.05, 0) is 37.1 Å². The third-order valence-corrected chi connectivity index (χ3v) is 5.06. The summed E-state index contributed by atoms with van der Waals surface area (Å²) in [6.45, 7) is -0.102. The van der Waals surface area contributed by atoms with Crippen molar-refractivity contribution in [3.63, 3.8) is 0 Å². The number of ether oxygens (including phenoxy) is 2. The van der Waals surface area contributed by atoms with Crippen molar-refractivity contribution in [1.29, 1.82) is 0 Å². The van der Waals surface area contributed by atoms with E-state index in [1.807, 2.05) is 0 Å². The first-order valence-corrected chi connectivity index (χ1v) is 9.70. The van der Waals surface area contributed by atoms with E-state index in [-0.39, 0.29) is 24.1 Å². The average molecular weight is 385 g/mol. The zero-order valence-electron chi connectivity index (χ0n) is 16.4. The van der Waals surface area contributed by atoms with Crippen molar-refractivity contribution in [2.24, 2.45) is 0 Å². The van der Waals surface area contributed by atoms with E-state index in [1.165, 1.54) is 23.6 Å². The van der Waals surface area contributed by atoms with Crippen molar-refractivity contribution in [2.75, 3.05) is 14.2 Å². The number of carbonyl (C=O) groups is 1. The van der Waals surface area contributed by atoms with E-state index in [4.69, 9.17) is 9.47 Å². The summed E-state index contributed by atoms with van der Waals surface area (Å²) in [4.78, 5) is 24.7. The molecule has 7 nitrogen and oxygen atoms in total. The van der Waals surface area contributed by atoms with Gasteiger partial charge in [-0.25, -0.2) is 4.68 Å². The minimum Gasteiger partial charge on any atom is -0.497 e. The number of carbonyl (C=O) groups excluding carboxylic acids is 1. The molecule has 1 saturated carbocycles. The Balaban J connectivity index is 1.80. The first kappa shape index (κ1) is 19.9. The van der Waals surface area contributed by atoms with E-state index in [2.05, 4.69) is 10.4 Å². The molecule has 28 heavy (non-hydrogen) atoms. The summed E-state index contributed by atoms with van der Waals surface area (Å²) in [7, 11) is 3.15. The van der Waals surface area contributed by atoms with Crippen LogP contribution in [0, 0.1) is 0 Å². The molecule has 0 bridgehead atoms. The zero-order valence-corrected chi connectivity index (χ0v) is 16.4. The first-order chi connectivity index (χ1) is 13.6. The fraction of sp³-hybridized carbons (Fsp3) is 0.476. The van der Waals surface area contributed by atoms with Gasteiger partial charge >= 0.3 is 0 Å². The van der Waals surface area contributed by atoms with Crippen molar-refractivity contribution < 1.29 is 14.3 Å². The molecule has 0 radical (unpaired) electrons. The fourth-order valence-corrected chi connectivity index (χ4v) is 3.55. The molecule has 0 aliphatic heterocycles. The highest BCUT2D eigenvalue weighted by Gasteiger charge is 2.16. The Hall–Kier alpha value is -2.83. The molecule has 1 aliphatic rings. The summed E-state index contributed by atoms with van der Waals surface area (Å²) in [5.74, 6) is 1.08. The fourth-order valence-electron chi connectivity index (χ4n) is 3.55. The number of methoxy groups -OCH3 is 2. The van der Waals surface area contributed by atoms with E-state index in [0.717, 1.165) is 25.7 Å². The molecule has 3 rings (SSSR count). The normalized spacial score (nSPS) is 14.9. The van der Waals surface area contributed by atoms with Crippen LogP contribution in [0.15, 0.2) is 35.1 Å². The van der Waals surface area contributed by atoms with Gasteiger partial charge < -0.3 is 14.8 Å². The lowest BCUT2D eigenvalue weighted by Crippen LogP contribution is -2.39. The van der Waals surface area contributed by atoms with Crippen LogP contribution in [-0.2, 0) is 11.3 Å². The molecule has 0 spiro atoms. The second-order valence-corrected chi connectivity index (χ2v) is 7.04. The van der Waals surface area contributed by atoms with Crippen LogP contribution in [0.3, 0.4) is 0 Å². The van der Waals surface area contributed by atoms with E-state index < -0.39 is 0 Å². The lowest BCUT2D eigenvalue weighted by atomic mass is 10.1. The van der Waals surface area contributed by atoms with Gasteiger partial charge in [0.15, 0.2) is 0 Å². The molecule has 1 N–H and O–H groups in total. The van der Waals surface area contributed by atoms with E-state index in [0.29, 0.717) is 22.8 Å². The van der Waals surface area contributed by atoms with Crippen LogP contribution in [0.5, 0.6) is 11.5 Å². The van der Waals surface area contributed by atoms with Crippen molar-refractivity contribution in [2.45, 2.75) is 51.1 Å². The summed E-state index contributed by atoms with van der Waals surface area (Å²) >= 11 is 0. The van der Waals surface area contributed by atoms with Crippen LogP contribution in [-0.4, -0.2) is 35.9 Å². The molecular formula is C21H27N3O4. The molecule has 1 aliphatic carbocycles. The summed E-state index contributed by atoms with van der Waals surface area (Å²) in [6.07, 6.45) is 6.70. The molecule has 1 heterocycles. The van der Waals surface area contributed by atoms with Crippen LogP contribution in [0.2, 0.25) is 0 Å². The summed E-state index contributed by atoms with van der Waals surface area (Å²) in [5.41, 5.74) is 0.916. The summed E-state index contributed by atoms with van der Waals surface area (Å²) in [5, 5.41) is 7.44. The van der Waals surface area contributed by atoms with Crippen molar-refractivity contribution in [3.8, 4) is 22.8 Å². The number of hydrogen-bond donors (Lipinski definition) is 1. The number of nitrogens with zero attached hydrogens (tertiary/aromatic N) is 2. The first-order valence-electron chi connectivity index (χ1n) is 9.70. The molecule has 1 fully saturated rings. The van der Waals surface area contributed by atoms with Gasteiger partial charge in [0.2, 0.25) is 5.91 Å². The maximum absolute atomic E-state index is 12.5. The Labute approximate surface area is 164 Å². The van der Waals surface area contributed by atoms with Gasteiger partial charge in [-0.3, -0.25) is 9.59 Å². The molecule has 1 aromatic heterocycles. The van der Waals surface area contributed by atoms with Crippen molar-refractivity contribution >= 4 is 5.91 Å². The Morgan fingerprint density at radius 2 is 1.86 bits per heavy atom. The molecule has 0 saturated heterocycles. The van der Waals surface area contributed by atoms with Gasteiger partial charge in [0, 0.05) is 17.7 Å². The number of benzene rings is 1. The molecule has 2 aromatic rings. The maximum Gasteiger partial charge on any atom is 0.267 e. The lowest BCUT2D eigenvalue weighted by Gasteiger charge is -2.16. The van der Waals surface area contributed by atoms with Crippen molar-refractivity contribution in [1.82, 2.24) is 15.1 Å². The standard InChI is InChI=1S/C21H27N3O4/c1-27-16-9-11-19(28-2)17(13-16)18-10-12-21(26)24(23-18)14-20(25)22-15-7-5-3-4-6-8-15/h9-13,15H,3-8,14H2,1-2H3,(H,22,25). The smallest absolute Gasteiger partial charge is 0.267 e. The largest absolute Gasteiger partial charge is 0.497 e. The van der Waals surface area contributed by atoms with Gasteiger partial charge in [-0.15, -0.1) is 0 Å². The van der Waals surface area contributed by atoms with Gasteiger partial charge in [0.1, 0.15) is 18.0 Å². The highest BCUT2D eigenvalue weighted by atomic mass is 16.5. The van der Waals surface area contributed by atoms with Crippen molar-refractivity contribution in [3.05, 3.63) is 40.7 Å². The van der Waals surface area contributed by atoms with Crippen LogP contribution in [0.25, 0.3) is 11.3 Å². The predicted octanol–water partition coefficient (Wildman–Crippen LogP) is 2.77. The molecule has 0 unspecified atom stereocenters. The van der Waals surface area contributed by atoms with Crippen LogP contribution < -0.4 is 20.3 Å². The van der Waals surface area contributed by atoms with Gasteiger partial charge in [0.25, 0.3) is 5.56 Å². The Bertz CT molecular complexity index is 870. The topological polar surface area (TPSA) is 82.5 Å². The predicted molar refractivity (Wildman–Crippen MR) is 107 cm³/mol. The molecule has 1 aromatic carbocycles. The third-order valence-electron chi connectivity index (χ3n) is 5.06. The van der Waals surface area contributed by atoms with E-state index >= 15 is 0 Å². The minimum atomic E-state index is -0.318. The molecule has 1 amide bonds.